The average Bonchev–Trinajstić information content (AvgIpc) is 2.60. The Bertz CT molecular complexity index is 567. The van der Waals surface area contributed by atoms with Crippen molar-refractivity contribution >= 4 is 23.1 Å². The normalized spacial score (nSPS) is 28.9. The van der Waals surface area contributed by atoms with Crippen LogP contribution in [0, 0.1) is 11.3 Å². The molecule has 0 aromatic heterocycles. The summed E-state index contributed by atoms with van der Waals surface area (Å²) >= 11 is 5.45. The Morgan fingerprint density at radius 1 is 1.21 bits per heavy atom. The number of rotatable bonds is 5. The molecule has 4 heteroatoms. The summed E-state index contributed by atoms with van der Waals surface area (Å²) in [5, 5.41) is 3.67. The van der Waals surface area contributed by atoms with E-state index in [-0.39, 0.29) is 6.10 Å². The number of thiocarbonyl (C=S) groups is 1. The van der Waals surface area contributed by atoms with Crippen LogP contribution in [-0.4, -0.2) is 18.4 Å². The molecule has 0 heterocycles. The van der Waals surface area contributed by atoms with Gasteiger partial charge in [-0.25, -0.2) is 0 Å². The zero-order chi connectivity index (χ0) is 17.0. The van der Waals surface area contributed by atoms with Crippen LogP contribution in [0.25, 0.3) is 0 Å². The molecule has 2 aliphatic rings. The van der Waals surface area contributed by atoms with Crippen molar-refractivity contribution in [3.05, 3.63) is 24.3 Å². The van der Waals surface area contributed by atoms with Gasteiger partial charge in [0.25, 0.3) is 5.17 Å². The van der Waals surface area contributed by atoms with Crippen LogP contribution in [0.2, 0.25) is 0 Å². The quantitative estimate of drug-likeness (QED) is 0.708. The highest BCUT2D eigenvalue weighted by Crippen LogP contribution is 2.54. The van der Waals surface area contributed by atoms with E-state index in [9.17, 15) is 0 Å². The number of benzene rings is 1. The molecule has 1 spiro atoms. The Morgan fingerprint density at radius 2 is 1.92 bits per heavy atom. The first-order chi connectivity index (χ1) is 11.7. The van der Waals surface area contributed by atoms with Crippen LogP contribution >= 0.6 is 12.2 Å². The molecular weight excluding hydrogens is 318 g/mol. The van der Waals surface area contributed by atoms with Crippen molar-refractivity contribution in [1.29, 1.82) is 0 Å². The van der Waals surface area contributed by atoms with Crippen molar-refractivity contribution in [2.75, 3.05) is 12.4 Å². The van der Waals surface area contributed by atoms with Crippen LogP contribution in [0.5, 0.6) is 5.75 Å². The summed E-state index contributed by atoms with van der Waals surface area (Å²) in [4.78, 5) is 0. The predicted molar refractivity (Wildman–Crippen MR) is 103 cm³/mol. The molecule has 3 nitrogen and oxygen atoms in total. The Balaban J connectivity index is 1.54. The van der Waals surface area contributed by atoms with Crippen molar-refractivity contribution in [1.82, 2.24) is 0 Å². The van der Waals surface area contributed by atoms with Crippen molar-refractivity contribution in [2.45, 2.75) is 64.4 Å². The van der Waals surface area contributed by atoms with Crippen LogP contribution in [0.15, 0.2) is 24.3 Å². The van der Waals surface area contributed by atoms with Gasteiger partial charge >= 0.3 is 0 Å². The van der Waals surface area contributed by atoms with Crippen LogP contribution in [0.3, 0.4) is 0 Å². The number of nitrogens with one attached hydrogen (secondary N) is 1. The zero-order valence-corrected chi connectivity index (χ0v) is 15.7. The fraction of sp³-hybridized carbons (Fsp3) is 0.650. The Morgan fingerprint density at radius 3 is 2.54 bits per heavy atom. The molecule has 1 atom stereocenters. The van der Waals surface area contributed by atoms with E-state index in [1.165, 1.54) is 44.9 Å². The fourth-order valence-corrected chi connectivity index (χ4v) is 4.62. The summed E-state index contributed by atoms with van der Waals surface area (Å²) < 4.78 is 11.5. The molecule has 0 bridgehead atoms. The third-order valence-electron chi connectivity index (χ3n) is 5.98. The Labute approximate surface area is 151 Å². The van der Waals surface area contributed by atoms with Gasteiger partial charge in [-0.1, -0.05) is 31.9 Å². The van der Waals surface area contributed by atoms with E-state index in [0.717, 1.165) is 23.8 Å². The fourth-order valence-electron chi connectivity index (χ4n) is 4.39. The van der Waals surface area contributed by atoms with E-state index in [4.69, 9.17) is 21.7 Å². The van der Waals surface area contributed by atoms with E-state index >= 15 is 0 Å². The summed E-state index contributed by atoms with van der Waals surface area (Å²) in [6, 6.07) is 7.79. The molecule has 2 aliphatic carbocycles. The minimum Gasteiger partial charge on any atom is -0.495 e. The lowest BCUT2D eigenvalue weighted by Gasteiger charge is -2.52. The first-order valence-electron chi connectivity index (χ1n) is 9.27. The number of methoxy groups -OCH3 is 1. The second kappa shape index (κ2) is 7.73. The third kappa shape index (κ3) is 3.69. The first-order valence-corrected chi connectivity index (χ1v) is 9.68. The van der Waals surface area contributed by atoms with Crippen LogP contribution in [0.1, 0.15) is 58.3 Å². The molecule has 2 saturated carbocycles. The molecule has 1 aromatic rings. The molecule has 0 amide bonds. The van der Waals surface area contributed by atoms with Crippen molar-refractivity contribution < 1.29 is 9.47 Å². The maximum Gasteiger partial charge on any atom is 0.261 e. The maximum absolute atomic E-state index is 6.14. The lowest BCUT2D eigenvalue weighted by molar-refractivity contribution is -0.0843. The molecule has 1 unspecified atom stereocenters. The molecular formula is C20H29NO2S. The van der Waals surface area contributed by atoms with Gasteiger partial charge in [0.2, 0.25) is 0 Å². The standard InChI is InChI=1S/C20H29NO2S/c1-3-6-15-9-12-20(13-10-15)14-11-18(20)23-19(24)21-16-7-4-5-8-17(16)22-2/h4-5,7-8,15,18H,3,6,9-14H2,1-2H3,(H,21,24). The number of hydrogen-bond donors (Lipinski definition) is 1. The smallest absolute Gasteiger partial charge is 0.261 e. The van der Waals surface area contributed by atoms with Crippen LogP contribution in [-0.2, 0) is 4.74 Å². The van der Waals surface area contributed by atoms with E-state index < -0.39 is 0 Å². The molecule has 0 aliphatic heterocycles. The van der Waals surface area contributed by atoms with Crippen molar-refractivity contribution in [3.63, 3.8) is 0 Å². The maximum atomic E-state index is 6.14. The van der Waals surface area contributed by atoms with Gasteiger partial charge in [0.15, 0.2) is 0 Å². The number of ether oxygens (including phenoxy) is 2. The summed E-state index contributed by atoms with van der Waals surface area (Å²) in [5.74, 6) is 1.72. The van der Waals surface area contributed by atoms with E-state index in [1.807, 2.05) is 24.3 Å². The average molecular weight is 348 g/mol. The molecule has 1 aromatic carbocycles. The monoisotopic (exact) mass is 347 g/mol. The highest BCUT2D eigenvalue weighted by atomic mass is 32.1. The number of para-hydroxylation sites is 2. The molecule has 0 radical (unpaired) electrons. The highest BCUT2D eigenvalue weighted by molar-refractivity contribution is 7.80. The minimum atomic E-state index is 0.287. The molecule has 3 rings (SSSR count). The summed E-state index contributed by atoms with van der Waals surface area (Å²) in [7, 11) is 1.67. The Hall–Kier alpha value is -1.29. The SMILES string of the molecule is CCCC1CCC2(CC1)CCC2OC(=S)Nc1ccccc1OC. The van der Waals surface area contributed by atoms with E-state index in [0.29, 0.717) is 10.6 Å². The van der Waals surface area contributed by atoms with Gasteiger partial charge in [0.05, 0.1) is 12.8 Å². The summed E-state index contributed by atoms with van der Waals surface area (Å²) in [5.41, 5.74) is 1.25. The second-order valence-corrected chi connectivity index (χ2v) is 7.72. The van der Waals surface area contributed by atoms with Gasteiger partial charge in [-0.05, 0) is 68.8 Å². The second-order valence-electron chi connectivity index (χ2n) is 7.35. The first kappa shape index (κ1) is 17.5. The molecule has 1 N–H and O–H groups in total. The van der Waals surface area contributed by atoms with Gasteiger partial charge in [-0.15, -0.1) is 0 Å². The van der Waals surface area contributed by atoms with Crippen molar-refractivity contribution in [2.24, 2.45) is 11.3 Å². The largest absolute Gasteiger partial charge is 0.495 e. The molecule has 0 saturated heterocycles. The van der Waals surface area contributed by atoms with Gasteiger partial charge in [-0.3, -0.25) is 0 Å². The molecule has 132 valence electrons. The topological polar surface area (TPSA) is 30.5 Å². The van der Waals surface area contributed by atoms with Gasteiger partial charge in [0, 0.05) is 5.41 Å². The van der Waals surface area contributed by atoms with Crippen molar-refractivity contribution in [3.8, 4) is 5.75 Å². The molecule has 2 fully saturated rings. The van der Waals surface area contributed by atoms with Crippen LogP contribution < -0.4 is 10.1 Å². The lowest BCUT2D eigenvalue weighted by atomic mass is 9.57. The number of hydrogen-bond acceptors (Lipinski definition) is 3. The Kier molecular flexibility index (Phi) is 5.65. The van der Waals surface area contributed by atoms with E-state index in [2.05, 4.69) is 12.2 Å². The van der Waals surface area contributed by atoms with Crippen LogP contribution in [0.4, 0.5) is 5.69 Å². The molecule has 24 heavy (non-hydrogen) atoms. The predicted octanol–water partition coefficient (Wildman–Crippen LogP) is 5.55. The van der Waals surface area contributed by atoms with Gasteiger partial charge < -0.3 is 14.8 Å². The summed E-state index contributed by atoms with van der Waals surface area (Å²) in [6.07, 6.45) is 10.7. The number of anilines is 1. The zero-order valence-electron chi connectivity index (χ0n) is 14.8. The minimum absolute atomic E-state index is 0.287. The highest BCUT2D eigenvalue weighted by Gasteiger charge is 2.50. The van der Waals surface area contributed by atoms with Gasteiger partial charge in [0.1, 0.15) is 11.9 Å². The third-order valence-corrected chi connectivity index (χ3v) is 6.18. The van der Waals surface area contributed by atoms with E-state index in [1.54, 1.807) is 7.11 Å². The van der Waals surface area contributed by atoms with Gasteiger partial charge in [-0.2, -0.15) is 0 Å². The summed E-state index contributed by atoms with van der Waals surface area (Å²) in [6.45, 7) is 2.29. The lowest BCUT2D eigenvalue weighted by Crippen LogP contribution is -2.50.